The molecule has 1 aliphatic rings. The molecule has 1 fully saturated rings. The largest absolute Gasteiger partial charge is 0.340 e. The van der Waals surface area contributed by atoms with Crippen LogP contribution in [0.4, 0.5) is 4.79 Å². The number of amides is 3. The fourth-order valence-electron chi connectivity index (χ4n) is 3.34. The number of piperidine rings is 1. The van der Waals surface area contributed by atoms with E-state index in [9.17, 15) is 9.59 Å². The monoisotopic (exact) mass is 360 g/mol. The summed E-state index contributed by atoms with van der Waals surface area (Å²) in [6.07, 6.45) is 4.36. The topological polar surface area (TPSA) is 55.9 Å². The van der Waals surface area contributed by atoms with Crippen LogP contribution in [0.3, 0.4) is 0 Å². The molecule has 0 unspecified atom stereocenters. The molecule has 1 atom stereocenters. The van der Waals surface area contributed by atoms with Crippen LogP contribution in [-0.2, 0) is 11.2 Å². The third-order valence-corrected chi connectivity index (χ3v) is 5.00. The third-order valence-electron chi connectivity index (χ3n) is 5.00. The van der Waals surface area contributed by atoms with Crippen LogP contribution < -0.4 is 5.32 Å². The van der Waals surface area contributed by atoms with E-state index in [0.29, 0.717) is 0 Å². The average Bonchev–Trinajstić information content (AvgIpc) is 2.66. The Bertz CT molecular complexity index is 576. The number of carbonyl (C=O) groups excluding carboxylic acids is 2. The lowest BCUT2D eigenvalue weighted by Gasteiger charge is -2.37. The predicted octanol–water partition coefficient (Wildman–Crippen LogP) is 1.81. The van der Waals surface area contributed by atoms with Gasteiger partial charge in [-0.05, 0) is 44.3 Å². The molecule has 0 aliphatic carbocycles. The molecule has 2 rings (SSSR count). The Hall–Kier alpha value is -2.08. The number of nitrogens with one attached hydrogen (secondary N) is 1. The highest BCUT2D eigenvalue weighted by Crippen LogP contribution is 2.16. The maximum atomic E-state index is 12.3. The first-order valence-electron chi connectivity index (χ1n) is 9.44. The maximum Gasteiger partial charge on any atom is 0.317 e. The highest BCUT2D eigenvalue weighted by atomic mass is 16.2. The lowest BCUT2D eigenvalue weighted by Crippen LogP contribution is -2.51. The summed E-state index contributed by atoms with van der Waals surface area (Å²) < 4.78 is 0. The minimum absolute atomic E-state index is 0.0312. The standard InChI is InChI=1S/C20H32N4O2/c1-22(2)20(26)21-15-19(25)23(3)18-12-8-14-24(16-18)13-7-11-17-9-5-4-6-10-17/h4-6,9-10,18H,7-8,11-16H2,1-3H3,(H,21,26)/t18-/m1/s1. The highest BCUT2D eigenvalue weighted by molar-refractivity contribution is 5.83. The number of hydrogen-bond acceptors (Lipinski definition) is 3. The van der Waals surface area contributed by atoms with E-state index in [2.05, 4.69) is 34.5 Å². The number of urea groups is 1. The highest BCUT2D eigenvalue weighted by Gasteiger charge is 2.26. The summed E-state index contributed by atoms with van der Waals surface area (Å²) in [5, 5.41) is 2.65. The molecular formula is C20H32N4O2. The molecule has 1 aromatic carbocycles. The number of carbonyl (C=O) groups is 2. The van der Waals surface area contributed by atoms with E-state index in [1.54, 1.807) is 19.0 Å². The Morgan fingerprint density at radius 1 is 1.19 bits per heavy atom. The summed E-state index contributed by atoms with van der Waals surface area (Å²) in [6, 6.07) is 10.6. The predicted molar refractivity (Wildman–Crippen MR) is 104 cm³/mol. The van der Waals surface area contributed by atoms with Crippen molar-refractivity contribution < 1.29 is 9.59 Å². The fourth-order valence-corrected chi connectivity index (χ4v) is 3.34. The molecule has 26 heavy (non-hydrogen) atoms. The van der Waals surface area contributed by atoms with E-state index in [-0.39, 0.29) is 24.5 Å². The molecule has 3 amide bonds. The van der Waals surface area contributed by atoms with Crippen molar-refractivity contribution in [2.75, 3.05) is 47.3 Å². The third kappa shape index (κ3) is 6.33. The number of rotatable bonds is 7. The molecule has 0 bridgehead atoms. The van der Waals surface area contributed by atoms with E-state index in [4.69, 9.17) is 0 Å². The van der Waals surface area contributed by atoms with Crippen LogP contribution in [0.15, 0.2) is 30.3 Å². The molecular weight excluding hydrogens is 328 g/mol. The van der Waals surface area contributed by atoms with Crippen molar-refractivity contribution in [3.63, 3.8) is 0 Å². The van der Waals surface area contributed by atoms with Gasteiger partial charge in [0.15, 0.2) is 0 Å². The van der Waals surface area contributed by atoms with Crippen molar-refractivity contribution in [1.29, 1.82) is 0 Å². The van der Waals surface area contributed by atoms with Crippen molar-refractivity contribution in [3.8, 4) is 0 Å². The van der Waals surface area contributed by atoms with Crippen LogP contribution in [0, 0.1) is 0 Å². The molecule has 0 spiro atoms. The Labute approximate surface area is 157 Å². The Balaban J connectivity index is 1.74. The van der Waals surface area contributed by atoms with Gasteiger partial charge in [0, 0.05) is 33.7 Å². The van der Waals surface area contributed by atoms with Gasteiger partial charge in [0.25, 0.3) is 0 Å². The van der Waals surface area contributed by atoms with Crippen LogP contribution in [0.1, 0.15) is 24.8 Å². The molecule has 0 radical (unpaired) electrons. The Morgan fingerprint density at radius 3 is 2.62 bits per heavy atom. The van der Waals surface area contributed by atoms with Gasteiger partial charge in [0.05, 0.1) is 6.54 Å². The molecule has 1 saturated heterocycles. The summed E-state index contributed by atoms with van der Waals surface area (Å²) in [7, 11) is 5.18. The van der Waals surface area contributed by atoms with Crippen molar-refractivity contribution in [3.05, 3.63) is 35.9 Å². The van der Waals surface area contributed by atoms with E-state index in [1.807, 2.05) is 13.1 Å². The first-order valence-corrected chi connectivity index (χ1v) is 9.44. The van der Waals surface area contributed by atoms with E-state index in [1.165, 1.54) is 10.5 Å². The molecule has 6 nitrogen and oxygen atoms in total. The maximum absolute atomic E-state index is 12.3. The minimum atomic E-state index is -0.238. The first kappa shape index (κ1) is 20.2. The van der Waals surface area contributed by atoms with Crippen LogP contribution in [0.25, 0.3) is 0 Å². The second kappa shape index (κ2) is 10.2. The molecule has 1 heterocycles. The summed E-state index contributed by atoms with van der Waals surface area (Å²) in [6.45, 7) is 3.13. The van der Waals surface area contributed by atoms with Crippen LogP contribution in [0.5, 0.6) is 0 Å². The van der Waals surface area contributed by atoms with Crippen molar-refractivity contribution in [1.82, 2.24) is 20.0 Å². The SMILES string of the molecule is CN(C)C(=O)NCC(=O)N(C)[C@@H]1CCCN(CCCc2ccccc2)C1. The first-order chi connectivity index (χ1) is 12.5. The van der Waals surface area contributed by atoms with Crippen molar-refractivity contribution >= 4 is 11.9 Å². The van der Waals surface area contributed by atoms with Gasteiger partial charge < -0.3 is 20.0 Å². The van der Waals surface area contributed by atoms with E-state index < -0.39 is 0 Å². The van der Waals surface area contributed by atoms with Gasteiger partial charge in [-0.3, -0.25) is 4.79 Å². The number of hydrogen-bond donors (Lipinski definition) is 1. The molecule has 0 aromatic heterocycles. The Morgan fingerprint density at radius 2 is 1.92 bits per heavy atom. The van der Waals surface area contributed by atoms with Gasteiger partial charge in [0.1, 0.15) is 0 Å². The lowest BCUT2D eigenvalue weighted by atomic mass is 10.0. The fraction of sp³-hybridized carbons (Fsp3) is 0.600. The number of likely N-dealkylation sites (N-methyl/N-ethyl adjacent to an activating group) is 1. The lowest BCUT2D eigenvalue weighted by molar-refractivity contribution is -0.131. The van der Waals surface area contributed by atoms with Gasteiger partial charge in [-0.1, -0.05) is 30.3 Å². The number of nitrogens with zero attached hydrogens (tertiary/aromatic N) is 3. The summed E-state index contributed by atoms with van der Waals surface area (Å²) >= 11 is 0. The number of benzene rings is 1. The second-order valence-electron chi connectivity index (χ2n) is 7.24. The number of likely N-dealkylation sites (tertiary alicyclic amines) is 1. The van der Waals surface area contributed by atoms with Gasteiger partial charge in [-0.15, -0.1) is 0 Å². The molecule has 144 valence electrons. The van der Waals surface area contributed by atoms with E-state index >= 15 is 0 Å². The molecule has 6 heteroatoms. The summed E-state index contributed by atoms with van der Waals surface area (Å²) in [5.41, 5.74) is 1.38. The van der Waals surface area contributed by atoms with Crippen LogP contribution >= 0.6 is 0 Å². The van der Waals surface area contributed by atoms with Crippen molar-refractivity contribution in [2.45, 2.75) is 31.7 Å². The van der Waals surface area contributed by atoms with Crippen molar-refractivity contribution in [2.24, 2.45) is 0 Å². The molecule has 1 aliphatic heterocycles. The van der Waals surface area contributed by atoms with Gasteiger partial charge >= 0.3 is 6.03 Å². The summed E-state index contributed by atoms with van der Waals surface area (Å²) in [5.74, 6) is -0.0312. The molecule has 1 aromatic rings. The zero-order valence-electron chi connectivity index (χ0n) is 16.3. The van der Waals surface area contributed by atoms with Crippen LogP contribution in [-0.4, -0.2) is 80.0 Å². The zero-order valence-corrected chi connectivity index (χ0v) is 16.3. The molecule has 0 saturated carbocycles. The van der Waals surface area contributed by atoms with E-state index in [0.717, 1.165) is 45.3 Å². The average molecular weight is 361 g/mol. The molecule has 1 N–H and O–H groups in total. The normalized spacial score (nSPS) is 17.6. The van der Waals surface area contributed by atoms with Gasteiger partial charge in [-0.2, -0.15) is 0 Å². The Kier molecular flexibility index (Phi) is 7.91. The zero-order chi connectivity index (χ0) is 18.9. The second-order valence-corrected chi connectivity index (χ2v) is 7.24. The quantitative estimate of drug-likeness (QED) is 0.807. The minimum Gasteiger partial charge on any atom is -0.340 e. The van der Waals surface area contributed by atoms with Gasteiger partial charge in [-0.25, -0.2) is 4.79 Å². The van der Waals surface area contributed by atoms with Crippen LogP contribution in [0.2, 0.25) is 0 Å². The number of aryl methyl sites for hydroxylation is 1. The smallest absolute Gasteiger partial charge is 0.317 e. The van der Waals surface area contributed by atoms with Gasteiger partial charge in [0.2, 0.25) is 5.91 Å². The summed E-state index contributed by atoms with van der Waals surface area (Å²) in [4.78, 5) is 29.6.